The van der Waals surface area contributed by atoms with Crippen LogP contribution in [0.1, 0.15) is 33.1 Å². The van der Waals surface area contributed by atoms with E-state index in [9.17, 15) is 14.4 Å². The molecular formula is C12H20N2O4. The molecular weight excluding hydrogens is 236 g/mol. The van der Waals surface area contributed by atoms with Crippen molar-refractivity contribution >= 4 is 17.7 Å². The van der Waals surface area contributed by atoms with Gasteiger partial charge in [0.15, 0.2) is 0 Å². The van der Waals surface area contributed by atoms with Crippen molar-refractivity contribution in [3.63, 3.8) is 0 Å². The van der Waals surface area contributed by atoms with Gasteiger partial charge in [0.05, 0.1) is 13.0 Å². The lowest BCUT2D eigenvalue weighted by molar-refractivity contribution is -0.150. The van der Waals surface area contributed by atoms with Crippen LogP contribution in [0.25, 0.3) is 0 Å². The molecule has 0 aromatic heterocycles. The van der Waals surface area contributed by atoms with Crippen LogP contribution in [-0.4, -0.2) is 48.4 Å². The Morgan fingerprint density at radius 2 is 2.11 bits per heavy atom. The van der Waals surface area contributed by atoms with Crippen molar-refractivity contribution in [2.75, 3.05) is 19.8 Å². The summed E-state index contributed by atoms with van der Waals surface area (Å²) < 4.78 is 5.23. The molecule has 1 unspecified atom stereocenters. The van der Waals surface area contributed by atoms with E-state index >= 15 is 0 Å². The second-order valence-corrected chi connectivity index (χ2v) is 4.22. The minimum Gasteiger partial charge on any atom is -0.381 e. The number of ether oxygens (including phenoxy) is 1. The number of carbonyl (C=O) groups excluding carboxylic acids is 3. The zero-order valence-electron chi connectivity index (χ0n) is 10.9. The number of nitrogens with zero attached hydrogens (tertiary/aromatic N) is 1. The third kappa shape index (κ3) is 3.80. The average Bonchev–Trinajstić information content (AvgIpc) is 2.33. The van der Waals surface area contributed by atoms with Gasteiger partial charge in [0, 0.05) is 6.61 Å². The van der Waals surface area contributed by atoms with Crippen molar-refractivity contribution in [3.05, 3.63) is 0 Å². The summed E-state index contributed by atoms with van der Waals surface area (Å²) >= 11 is 0. The number of nitrogens with one attached hydrogen (secondary N) is 1. The van der Waals surface area contributed by atoms with Crippen LogP contribution in [-0.2, 0) is 19.1 Å². The van der Waals surface area contributed by atoms with E-state index in [1.165, 1.54) is 4.90 Å². The van der Waals surface area contributed by atoms with E-state index < -0.39 is 17.9 Å². The van der Waals surface area contributed by atoms with Crippen LogP contribution in [0.5, 0.6) is 0 Å². The van der Waals surface area contributed by atoms with E-state index in [1.54, 1.807) is 0 Å². The van der Waals surface area contributed by atoms with Gasteiger partial charge in [-0.1, -0.05) is 13.8 Å². The number of hydrogen-bond donors (Lipinski definition) is 1. The number of carbonyl (C=O) groups is 3. The van der Waals surface area contributed by atoms with Gasteiger partial charge in [0.1, 0.15) is 12.6 Å². The predicted molar refractivity (Wildman–Crippen MR) is 64.7 cm³/mol. The largest absolute Gasteiger partial charge is 0.381 e. The number of amides is 3. The molecule has 1 rings (SSSR count). The highest BCUT2D eigenvalue weighted by molar-refractivity contribution is 6.04. The molecule has 0 bridgehead atoms. The Kier molecular flexibility index (Phi) is 5.77. The normalized spacial score (nSPS) is 19.9. The Labute approximate surface area is 107 Å². The summed E-state index contributed by atoms with van der Waals surface area (Å²) in [6, 6.07) is -0.540. The van der Waals surface area contributed by atoms with Crippen molar-refractivity contribution in [2.24, 2.45) is 0 Å². The highest BCUT2D eigenvalue weighted by atomic mass is 16.5. The van der Waals surface area contributed by atoms with Gasteiger partial charge >= 0.3 is 0 Å². The second-order valence-electron chi connectivity index (χ2n) is 4.22. The molecule has 3 amide bonds. The standard InChI is InChI=1S/C12H20N2O4/c1-3-6-18-7-5-11(16)14-8-10(15)13-12(17)9(14)4-2/h9H,3-8H2,1-2H3,(H,13,15,17). The first-order valence-corrected chi connectivity index (χ1v) is 6.31. The van der Waals surface area contributed by atoms with Crippen LogP contribution in [0.3, 0.4) is 0 Å². The highest BCUT2D eigenvalue weighted by Crippen LogP contribution is 2.10. The number of piperazine rings is 1. The van der Waals surface area contributed by atoms with Crippen molar-refractivity contribution in [2.45, 2.75) is 39.2 Å². The minimum atomic E-state index is -0.540. The van der Waals surface area contributed by atoms with E-state index in [-0.39, 0.29) is 18.9 Å². The Morgan fingerprint density at radius 1 is 1.39 bits per heavy atom. The SMILES string of the molecule is CCCOCCC(=O)N1CC(=O)NC(=O)C1CC. The topological polar surface area (TPSA) is 75.7 Å². The van der Waals surface area contributed by atoms with E-state index in [2.05, 4.69) is 5.32 Å². The molecule has 1 aliphatic heterocycles. The van der Waals surface area contributed by atoms with Crippen LogP contribution in [0.15, 0.2) is 0 Å². The van der Waals surface area contributed by atoms with E-state index in [4.69, 9.17) is 4.74 Å². The summed E-state index contributed by atoms with van der Waals surface area (Å²) in [5.41, 5.74) is 0. The molecule has 6 heteroatoms. The molecule has 1 heterocycles. The van der Waals surface area contributed by atoms with Crippen molar-refractivity contribution < 1.29 is 19.1 Å². The molecule has 0 aromatic rings. The maximum atomic E-state index is 11.9. The fraction of sp³-hybridized carbons (Fsp3) is 0.750. The average molecular weight is 256 g/mol. The Bertz CT molecular complexity index is 330. The Hall–Kier alpha value is -1.43. The van der Waals surface area contributed by atoms with Gasteiger partial charge in [-0.05, 0) is 12.8 Å². The van der Waals surface area contributed by atoms with Crippen LogP contribution in [0, 0.1) is 0 Å². The lowest BCUT2D eigenvalue weighted by Gasteiger charge is -2.33. The summed E-state index contributed by atoms with van der Waals surface area (Å²) in [5.74, 6) is -1.02. The summed E-state index contributed by atoms with van der Waals surface area (Å²) in [7, 11) is 0. The zero-order chi connectivity index (χ0) is 13.5. The lowest BCUT2D eigenvalue weighted by atomic mass is 10.1. The molecule has 0 saturated carbocycles. The molecule has 102 valence electrons. The number of hydrogen-bond acceptors (Lipinski definition) is 4. The second kappa shape index (κ2) is 7.10. The van der Waals surface area contributed by atoms with Crippen LogP contribution < -0.4 is 5.32 Å². The zero-order valence-corrected chi connectivity index (χ0v) is 10.9. The fourth-order valence-corrected chi connectivity index (χ4v) is 1.88. The molecule has 0 spiro atoms. The van der Waals surface area contributed by atoms with Gasteiger partial charge in [-0.3, -0.25) is 19.7 Å². The van der Waals surface area contributed by atoms with Crippen molar-refractivity contribution in [1.29, 1.82) is 0 Å². The molecule has 1 N–H and O–H groups in total. The summed E-state index contributed by atoms with van der Waals surface area (Å²) in [6.07, 6.45) is 1.61. The molecule has 6 nitrogen and oxygen atoms in total. The first kappa shape index (κ1) is 14.6. The van der Waals surface area contributed by atoms with Gasteiger partial charge < -0.3 is 9.64 Å². The van der Waals surface area contributed by atoms with Crippen LogP contribution in [0.2, 0.25) is 0 Å². The van der Waals surface area contributed by atoms with Gasteiger partial charge in [0.2, 0.25) is 17.7 Å². The van der Waals surface area contributed by atoms with Gasteiger partial charge in [-0.25, -0.2) is 0 Å². The van der Waals surface area contributed by atoms with E-state index in [0.29, 0.717) is 19.6 Å². The van der Waals surface area contributed by atoms with Crippen molar-refractivity contribution in [3.8, 4) is 0 Å². The maximum Gasteiger partial charge on any atom is 0.249 e. The molecule has 0 aromatic carbocycles. The molecule has 1 saturated heterocycles. The molecule has 1 fully saturated rings. The molecule has 0 aliphatic carbocycles. The van der Waals surface area contributed by atoms with Crippen molar-refractivity contribution in [1.82, 2.24) is 10.2 Å². The van der Waals surface area contributed by atoms with E-state index in [0.717, 1.165) is 6.42 Å². The third-order valence-electron chi connectivity index (χ3n) is 2.77. The minimum absolute atomic E-state index is 0.0448. The highest BCUT2D eigenvalue weighted by Gasteiger charge is 2.34. The van der Waals surface area contributed by atoms with Gasteiger partial charge in [-0.2, -0.15) is 0 Å². The number of rotatable bonds is 6. The molecule has 18 heavy (non-hydrogen) atoms. The lowest BCUT2D eigenvalue weighted by Crippen LogP contribution is -2.59. The molecule has 0 radical (unpaired) electrons. The first-order valence-electron chi connectivity index (χ1n) is 6.31. The van der Waals surface area contributed by atoms with Gasteiger partial charge in [-0.15, -0.1) is 0 Å². The summed E-state index contributed by atoms with van der Waals surface area (Å²) in [6.45, 7) is 4.70. The van der Waals surface area contributed by atoms with E-state index in [1.807, 2.05) is 13.8 Å². The number of imide groups is 1. The molecule has 1 aliphatic rings. The smallest absolute Gasteiger partial charge is 0.249 e. The molecule has 1 atom stereocenters. The summed E-state index contributed by atoms with van der Waals surface area (Å²) in [4.78, 5) is 36.1. The Morgan fingerprint density at radius 3 is 2.72 bits per heavy atom. The third-order valence-corrected chi connectivity index (χ3v) is 2.77. The first-order chi connectivity index (χ1) is 8.60. The fourth-order valence-electron chi connectivity index (χ4n) is 1.88. The van der Waals surface area contributed by atoms with Crippen LogP contribution >= 0.6 is 0 Å². The van der Waals surface area contributed by atoms with Gasteiger partial charge in [0.25, 0.3) is 0 Å². The Balaban J connectivity index is 2.52. The monoisotopic (exact) mass is 256 g/mol. The van der Waals surface area contributed by atoms with Crippen LogP contribution in [0.4, 0.5) is 0 Å². The predicted octanol–water partition coefficient (Wildman–Crippen LogP) is 0.0667. The quantitative estimate of drug-likeness (QED) is 0.539. The maximum absolute atomic E-state index is 11.9. The summed E-state index contributed by atoms with van der Waals surface area (Å²) in [5, 5.41) is 2.24.